The summed E-state index contributed by atoms with van der Waals surface area (Å²) < 4.78 is 10.9. The van der Waals surface area contributed by atoms with Gasteiger partial charge in [-0.1, -0.05) is 0 Å². The van der Waals surface area contributed by atoms with Gasteiger partial charge in [-0.15, -0.1) is 0 Å². The number of benzene rings is 2. The van der Waals surface area contributed by atoms with Crippen LogP contribution in [0.4, 0.5) is 5.69 Å². The Labute approximate surface area is 168 Å². The number of carbonyl (C=O) groups excluding carboxylic acids is 1. The maximum Gasteiger partial charge on any atom is 0.333 e. The Morgan fingerprint density at radius 3 is 2.31 bits per heavy atom. The lowest BCUT2D eigenvalue weighted by molar-refractivity contribution is -0.142. The first-order valence-electron chi connectivity index (χ1n) is 8.81. The molecule has 0 saturated carbocycles. The minimum absolute atomic E-state index is 0.0934. The van der Waals surface area contributed by atoms with E-state index >= 15 is 0 Å². The zero-order chi connectivity index (χ0) is 21.6. The van der Waals surface area contributed by atoms with Crippen molar-refractivity contribution in [1.29, 1.82) is 5.41 Å². The zero-order valence-corrected chi connectivity index (χ0v) is 16.2. The summed E-state index contributed by atoms with van der Waals surface area (Å²) in [6.07, 6.45) is 0. The smallest absolute Gasteiger partial charge is 0.333 e. The van der Waals surface area contributed by atoms with Crippen LogP contribution in [0, 0.1) is 5.41 Å². The first-order chi connectivity index (χ1) is 13.7. The van der Waals surface area contributed by atoms with Crippen LogP contribution in [0.2, 0.25) is 0 Å². The monoisotopic (exact) mass is 400 g/mol. The predicted octanol–water partition coefficient (Wildman–Crippen LogP) is 1.65. The molecule has 0 spiro atoms. The molecule has 2 aromatic rings. The molecule has 0 radical (unpaired) electrons. The molecule has 1 atom stereocenters. The van der Waals surface area contributed by atoms with Crippen LogP contribution in [0.25, 0.3) is 0 Å². The summed E-state index contributed by atoms with van der Waals surface area (Å²) >= 11 is 0. The van der Waals surface area contributed by atoms with Crippen LogP contribution in [0.3, 0.4) is 0 Å². The highest BCUT2D eigenvalue weighted by Gasteiger charge is 2.38. The maximum absolute atomic E-state index is 12.3. The minimum atomic E-state index is -1.63. The van der Waals surface area contributed by atoms with Crippen LogP contribution in [-0.4, -0.2) is 36.0 Å². The molecule has 1 amide bonds. The molecule has 7 N–H and O–H groups in total. The van der Waals surface area contributed by atoms with E-state index in [9.17, 15) is 14.7 Å². The third-order valence-corrected chi connectivity index (χ3v) is 4.19. The molecule has 0 fully saturated rings. The highest BCUT2D eigenvalue weighted by Crippen LogP contribution is 2.36. The number of amidine groups is 1. The van der Waals surface area contributed by atoms with Gasteiger partial charge in [0.05, 0.1) is 6.61 Å². The highest BCUT2D eigenvalue weighted by molar-refractivity contribution is 5.95. The molecule has 2 rings (SSSR count). The number of nitrogens with one attached hydrogen (secondary N) is 2. The molecule has 29 heavy (non-hydrogen) atoms. The number of carbonyl (C=O) groups is 2. The first kappa shape index (κ1) is 21.5. The molecule has 0 heterocycles. The number of nitrogen functional groups attached to an aromatic ring is 1. The number of anilines is 1. The van der Waals surface area contributed by atoms with E-state index in [0.717, 1.165) is 0 Å². The van der Waals surface area contributed by atoms with Gasteiger partial charge in [-0.3, -0.25) is 10.2 Å². The Bertz CT molecular complexity index is 914. The normalized spacial score (nSPS) is 12.5. The van der Waals surface area contributed by atoms with E-state index < -0.39 is 24.0 Å². The van der Waals surface area contributed by atoms with Gasteiger partial charge < -0.3 is 31.4 Å². The zero-order valence-electron chi connectivity index (χ0n) is 16.2. The molecule has 154 valence electrons. The van der Waals surface area contributed by atoms with E-state index in [1.165, 1.54) is 13.0 Å². The van der Waals surface area contributed by atoms with Gasteiger partial charge in [-0.2, -0.15) is 0 Å². The van der Waals surface area contributed by atoms with Crippen LogP contribution < -0.4 is 26.3 Å². The Morgan fingerprint density at radius 1 is 1.14 bits per heavy atom. The summed E-state index contributed by atoms with van der Waals surface area (Å²) in [5, 5.41) is 20.4. The van der Waals surface area contributed by atoms with Gasteiger partial charge in [-0.05, 0) is 56.3 Å². The van der Waals surface area contributed by atoms with Crippen molar-refractivity contribution in [2.75, 3.05) is 18.5 Å². The van der Waals surface area contributed by atoms with Gasteiger partial charge in [0.25, 0.3) is 5.91 Å². The Balaban J connectivity index is 2.49. The molecule has 0 bridgehead atoms. The van der Waals surface area contributed by atoms with Crippen molar-refractivity contribution >= 4 is 23.4 Å². The SMILES string of the molecule is CCOc1ccc(OCC(N)=O)c(C(C)(Nc2ccc(C(=N)N)cc2)C(=O)O)c1. The largest absolute Gasteiger partial charge is 0.494 e. The van der Waals surface area contributed by atoms with Gasteiger partial charge in [0.2, 0.25) is 0 Å². The first-order valence-corrected chi connectivity index (χ1v) is 8.81. The fourth-order valence-electron chi connectivity index (χ4n) is 2.69. The van der Waals surface area contributed by atoms with Gasteiger partial charge in [0, 0.05) is 16.8 Å². The van der Waals surface area contributed by atoms with E-state index in [0.29, 0.717) is 23.6 Å². The van der Waals surface area contributed by atoms with Crippen LogP contribution >= 0.6 is 0 Å². The minimum Gasteiger partial charge on any atom is -0.494 e. The molecule has 0 saturated heterocycles. The molecule has 0 aliphatic rings. The van der Waals surface area contributed by atoms with Crippen molar-refractivity contribution < 1.29 is 24.2 Å². The van der Waals surface area contributed by atoms with Crippen LogP contribution in [0.5, 0.6) is 11.5 Å². The number of carboxylic acids is 1. The molecule has 0 aliphatic heterocycles. The summed E-state index contributed by atoms with van der Waals surface area (Å²) in [4.78, 5) is 23.4. The van der Waals surface area contributed by atoms with Crippen molar-refractivity contribution in [2.24, 2.45) is 11.5 Å². The average molecular weight is 400 g/mol. The summed E-state index contributed by atoms with van der Waals surface area (Å²) in [6.45, 7) is 3.27. The Hall–Kier alpha value is -3.75. The van der Waals surface area contributed by atoms with Crippen molar-refractivity contribution in [1.82, 2.24) is 0 Å². The maximum atomic E-state index is 12.3. The van der Waals surface area contributed by atoms with Crippen molar-refractivity contribution in [2.45, 2.75) is 19.4 Å². The summed E-state index contributed by atoms with van der Waals surface area (Å²) in [5.41, 5.74) is 10.2. The lowest BCUT2D eigenvalue weighted by Gasteiger charge is -2.30. The summed E-state index contributed by atoms with van der Waals surface area (Å²) in [5.74, 6) is -1.32. The number of nitrogens with two attached hydrogens (primary N) is 2. The van der Waals surface area contributed by atoms with Crippen molar-refractivity contribution in [3.05, 3.63) is 53.6 Å². The second-order valence-electron chi connectivity index (χ2n) is 6.39. The summed E-state index contributed by atoms with van der Waals surface area (Å²) in [6, 6.07) is 11.1. The lowest BCUT2D eigenvalue weighted by Crippen LogP contribution is -2.41. The third kappa shape index (κ3) is 5.16. The Morgan fingerprint density at radius 2 is 1.79 bits per heavy atom. The third-order valence-electron chi connectivity index (χ3n) is 4.19. The van der Waals surface area contributed by atoms with Crippen molar-refractivity contribution in [3.8, 4) is 11.5 Å². The van der Waals surface area contributed by atoms with Crippen LogP contribution in [-0.2, 0) is 15.1 Å². The van der Waals surface area contributed by atoms with E-state index in [1.54, 1.807) is 36.4 Å². The summed E-state index contributed by atoms with van der Waals surface area (Å²) in [7, 11) is 0. The van der Waals surface area contributed by atoms with Crippen LogP contribution in [0.15, 0.2) is 42.5 Å². The number of primary amides is 1. The van der Waals surface area contributed by atoms with E-state index in [-0.39, 0.29) is 17.1 Å². The molecule has 0 aliphatic carbocycles. The van der Waals surface area contributed by atoms with E-state index in [2.05, 4.69) is 5.32 Å². The van der Waals surface area contributed by atoms with Crippen LogP contribution in [0.1, 0.15) is 25.0 Å². The van der Waals surface area contributed by atoms with Gasteiger partial charge >= 0.3 is 5.97 Å². The molecular weight excluding hydrogens is 376 g/mol. The molecule has 0 aromatic heterocycles. The van der Waals surface area contributed by atoms with E-state index in [4.69, 9.17) is 26.4 Å². The fourth-order valence-corrected chi connectivity index (χ4v) is 2.69. The number of aliphatic carboxylic acids is 1. The number of rotatable bonds is 10. The van der Waals surface area contributed by atoms with Gasteiger partial charge in [-0.25, -0.2) is 4.79 Å². The quantitative estimate of drug-likeness (QED) is 0.299. The highest BCUT2D eigenvalue weighted by atomic mass is 16.5. The second kappa shape index (κ2) is 8.96. The van der Waals surface area contributed by atoms with Gasteiger partial charge in [0.15, 0.2) is 12.1 Å². The number of ether oxygens (including phenoxy) is 2. The molecular formula is C20H24N4O5. The number of carboxylic acid groups (broad SMARTS) is 1. The molecule has 9 nitrogen and oxygen atoms in total. The second-order valence-corrected chi connectivity index (χ2v) is 6.39. The standard InChI is InChI=1S/C20H24N4O5/c1-3-28-14-8-9-16(29-11-17(21)25)15(10-14)20(2,19(26)27)24-13-6-4-12(5-7-13)18(22)23/h4-10,24H,3,11H2,1-2H3,(H2,21,25)(H3,22,23)(H,26,27). The predicted molar refractivity (Wildman–Crippen MR) is 108 cm³/mol. The molecule has 1 unspecified atom stereocenters. The Kier molecular flexibility index (Phi) is 6.66. The molecule has 2 aromatic carbocycles. The number of amides is 1. The number of hydrogen-bond acceptors (Lipinski definition) is 6. The lowest BCUT2D eigenvalue weighted by atomic mass is 9.90. The number of hydrogen-bond donors (Lipinski definition) is 5. The van der Waals surface area contributed by atoms with Crippen molar-refractivity contribution in [3.63, 3.8) is 0 Å². The molecule has 9 heteroatoms. The van der Waals surface area contributed by atoms with E-state index in [1.807, 2.05) is 6.92 Å². The average Bonchev–Trinajstić information content (AvgIpc) is 2.67. The fraction of sp³-hybridized carbons (Fsp3) is 0.250. The topological polar surface area (TPSA) is 161 Å². The van der Waals surface area contributed by atoms with Gasteiger partial charge in [0.1, 0.15) is 17.3 Å².